The normalized spacial score (nSPS) is 27.6. The Morgan fingerprint density at radius 1 is 1.79 bits per heavy atom. The standard InChI is InChI=1S/C10H18N4/c1-7-3-10(7)12-5-9(11)8-4-13-14(2)6-8/h4,6-7,9-10,12H,3,5,11H2,1-2H3. The van der Waals surface area contributed by atoms with Gasteiger partial charge in [0.2, 0.25) is 0 Å². The summed E-state index contributed by atoms with van der Waals surface area (Å²) in [5.41, 5.74) is 7.12. The average Bonchev–Trinajstić information content (AvgIpc) is 2.66. The van der Waals surface area contributed by atoms with Crippen molar-refractivity contribution in [2.75, 3.05) is 6.54 Å². The summed E-state index contributed by atoms with van der Waals surface area (Å²) in [5, 5.41) is 7.56. The van der Waals surface area contributed by atoms with Crippen molar-refractivity contribution in [2.45, 2.75) is 25.4 Å². The zero-order valence-corrected chi connectivity index (χ0v) is 8.77. The maximum atomic E-state index is 6.01. The molecule has 0 radical (unpaired) electrons. The largest absolute Gasteiger partial charge is 0.323 e. The van der Waals surface area contributed by atoms with Gasteiger partial charge in [0.25, 0.3) is 0 Å². The molecule has 0 bridgehead atoms. The van der Waals surface area contributed by atoms with Crippen LogP contribution in [0.25, 0.3) is 0 Å². The van der Waals surface area contributed by atoms with E-state index in [1.54, 1.807) is 4.68 Å². The van der Waals surface area contributed by atoms with E-state index in [4.69, 9.17) is 5.73 Å². The van der Waals surface area contributed by atoms with Crippen molar-refractivity contribution in [2.24, 2.45) is 18.7 Å². The van der Waals surface area contributed by atoms with Crippen LogP contribution in [-0.4, -0.2) is 22.4 Å². The van der Waals surface area contributed by atoms with Gasteiger partial charge in [0.15, 0.2) is 0 Å². The van der Waals surface area contributed by atoms with E-state index in [2.05, 4.69) is 17.3 Å². The quantitative estimate of drug-likeness (QED) is 0.730. The highest BCUT2D eigenvalue weighted by Gasteiger charge is 2.32. The van der Waals surface area contributed by atoms with Gasteiger partial charge in [-0.05, 0) is 12.3 Å². The Kier molecular flexibility index (Phi) is 2.56. The van der Waals surface area contributed by atoms with E-state index in [9.17, 15) is 0 Å². The van der Waals surface area contributed by atoms with Gasteiger partial charge in [-0.3, -0.25) is 4.68 Å². The van der Waals surface area contributed by atoms with Gasteiger partial charge < -0.3 is 11.1 Å². The van der Waals surface area contributed by atoms with Gasteiger partial charge in [-0.1, -0.05) is 6.92 Å². The van der Waals surface area contributed by atoms with E-state index in [-0.39, 0.29) is 6.04 Å². The SMILES string of the molecule is CC1CC1NCC(N)c1cnn(C)c1. The van der Waals surface area contributed by atoms with Gasteiger partial charge in [0.1, 0.15) is 0 Å². The summed E-state index contributed by atoms with van der Waals surface area (Å²) in [7, 11) is 1.91. The second kappa shape index (κ2) is 3.71. The molecule has 0 aliphatic heterocycles. The van der Waals surface area contributed by atoms with Crippen LogP contribution in [0.2, 0.25) is 0 Å². The average molecular weight is 194 g/mol. The highest BCUT2D eigenvalue weighted by molar-refractivity contribution is 5.10. The molecule has 0 aromatic carbocycles. The smallest absolute Gasteiger partial charge is 0.0537 e. The van der Waals surface area contributed by atoms with E-state index in [0.717, 1.165) is 18.0 Å². The van der Waals surface area contributed by atoms with Crippen LogP contribution in [0.1, 0.15) is 24.9 Å². The molecule has 3 N–H and O–H groups in total. The Labute approximate surface area is 84.5 Å². The Balaban J connectivity index is 1.80. The van der Waals surface area contributed by atoms with Gasteiger partial charge in [-0.2, -0.15) is 5.10 Å². The maximum Gasteiger partial charge on any atom is 0.0537 e. The van der Waals surface area contributed by atoms with Crippen LogP contribution in [0.5, 0.6) is 0 Å². The van der Waals surface area contributed by atoms with Gasteiger partial charge in [0.05, 0.1) is 6.20 Å². The van der Waals surface area contributed by atoms with Crippen LogP contribution in [0.15, 0.2) is 12.4 Å². The molecule has 4 nitrogen and oxygen atoms in total. The van der Waals surface area contributed by atoms with E-state index >= 15 is 0 Å². The number of aryl methyl sites for hydroxylation is 1. The van der Waals surface area contributed by atoms with Gasteiger partial charge in [0, 0.05) is 37.4 Å². The van der Waals surface area contributed by atoms with Crippen molar-refractivity contribution in [3.05, 3.63) is 18.0 Å². The Morgan fingerprint density at radius 2 is 2.50 bits per heavy atom. The number of aromatic nitrogens is 2. The lowest BCUT2D eigenvalue weighted by Gasteiger charge is -2.10. The Bertz CT molecular complexity index is 307. The summed E-state index contributed by atoms with van der Waals surface area (Å²) in [4.78, 5) is 0. The summed E-state index contributed by atoms with van der Waals surface area (Å²) >= 11 is 0. The van der Waals surface area contributed by atoms with Gasteiger partial charge in [-0.15, -0.1) is 0 Å². The lowest BCUT2D eigenvalue weighted by Crippen LogP contribution is -2.28. The molecule has 1 aliphatic rings. The van der Waals surface area contributed by atoms with E-state index in [0.29, 0.717) is 6.04 Å². The van der Waals surface area contributed by atoms with Crippen LogP contribution in [-0.2, 0) is 7.05 Å². The first-order valence-corrected chi connectivity index (χ1v) is 5.14. The van der Waals surface area contributed by atoms with Crippen molar-refractivity contribution in [1.82, 2.24) is 15.1 Å². The van der Waals surface area contributed by atoms with E-state index in [1.807, 2.05) is 19.4 Å². The summed E-state index contributed by atoms with van der Waals surface area (Å²) in [6, 6.07) is 0.759. The molecule has 3 atom stereocenters. The third-order valence-corrected chi connectivity index (χ3v) is 2.86. The minimum atomic E-state index is 0.0662. The first-order valence-electron chi connectivity index (χ1n) is 5.14. The first-order chi connectivity index (χ1) is 6.66. The predicted molar refractivity (Wildman–Crippen MR) is 55.7 cm³/mol. The zero-order valence-electron chi connectivity index (χ0n) is 8.77. The summed E-state index contributed by atoms with van der Waals surface area (Å²) in [5.74, 6) is 0.830. The monoisotopic (exact) mass is 194 g/mol. The zero-order chi connectivity index (χ0) is 10.1. The number of hydrogen-bond acceptors (Lipinski definition) is 3. The predicted octanol–water partition coefficient (Wildman–Crippen LogP) is 0.418. The van der Waals surface area contributed by atoms with Crippen LogP contribution in [0.3, 0.4) is 0 Å². The van der Waals surface area contributed by atoms with E-state index < -0.39 is 0 Å². The molecule has 78 valence electrons. The molecule has 0 saturated heterocycles. The highest BCUT2D eigenvalue weighted by Crippen LogP contribution is 2.29. The van der Waals surface area contributed by atoms with Gasteiger partial charge >= 0.3 is 0 Å². The fourth-order valence-corrected chi connectivity index (χ4v) is 1.63. The summed E-state index contributed by atoms with van der Waals surface area (Å²) in [6.07, 6.45) is 5.10. The number of rotatable bonds is 4. The molecule has 2 rings (SSSR count). The van der Waals surface area contributed by atoms with E-state index in [1.165, 1.54) is 6.42 Å². The Hall–Kier alpha value is -0.870. The molecule has 4 heteroatoms. The number of nitrogens with one attached hydrogen (secondary N) is 1. The van der Waals surface area contributed by atoms with Crippen molar-refractivity contribution >= 4 is 0 Å². The molecular formula is C10H18N4. The topological polar surface area (TPSA) is 55.9 Å². The second-order valence-corrected chi connectivity index (χ2v) is 4.28. The molecule has 0 amide bonds. The third kappa shape index (κ3) is 2.13. The molecule has 1 aromatic rings. The number of hydrogen-bond donors (Lipinski definition) is 2. The van der Waals surface area contributed by atoms with Crippen LogP contribution < -0.4 is 11.1 Å². The second-order valence-electron chi connectivity index (χ2n) is 4.28. The molecule has 1 heterocycles. The summed E-state index contributed by atoms with van der Waals surface area (Å²) < 4.78 is 1.79. The molecule has 3 unspecified atom stereocenters. The van der Waals surface area contributed by atoms with Crippen molar-refractivity contribution in [3.8, 4) is 0 Å². The van der Waals surface area contributed by atoms with Crippen molar-refractivity contribution < 1.29 is 0 Å². The molecule has 14 heavy (non-hydrogen) atoms. The molecular weight excluding hydrogens is 176 g/mol. The minimum Gasteiger partial charge on any atom is -0.323 e. The number of nitrogens with zero attached hydrogens (tertiary/aromatic N) is 2. The molecule has 1 aromatic heterocycles. The third-order valence-electron chi connectivity index (χ3n) is 2.86. The fraction of sp³-hybridized carbons (Fsp3) is 0.700. The van der Waals surface area contributed by atoms with Crippen molar-refractivity contribution in [3.63, 3.8) is 0 Å². The van der Waals surface area contributed by atoms with Crippen LogP contribution in [0.4, 0.5) is 0 Å². The molecule has 0 spiro atoms. The first kappa shape index (κ1) is 9.68. The Morgan fingerprint density at radius 3 is 3.00 bits per heavy atom. The van der Waals surface area contributed by atoms with Gasteiger partial charge in [-0.25, -0.2) is 0 Å². The summed E-state index contributed by atoms with van der Waals surface area (Å²) in [6.45, 7) is 3.11. The fourth-order valence-electron chi connectivity index (χ4n) is 1.63. The van der Waals surface area contributed by atoms with Crippen LogP contribution in [0, 0.1) is 5.92 Å². The maximum absolute atomic E-state index is 6.01. The van der Waals surface area contributed by atoms with Crippen LogP contribution >= 0.6 is 0 Å². The lowest BCUT2D eigenvalue weighted by atomic mass is 10.2. The molecule has 1 fully saturated rings. The highest BCUT2D eigenvalue weighted by atomic mass is 15.2. The molecule has 1 aliphatic carbocycles. The lowest BCUT2D eigenvalue weighted by molar-refractivity contribution is 0.578. The molecule has 1 saturated carbocycles. The number of nitrogens with two attached hydrogens (primary N) is 1. The van der Waals surface area contributed by atoms with Crippen molar-refractivity contribution in [1.29, 1.82) is 0 Å². The minimum absolute atomic E-state index is 0.0662.